The monoisotopic (exact) mass is 234 g/mol. The lowest BCUT2D eigenvalue weighted by Gasteiger charge is -2.11. The van der Waals surface area contributed by atoms with Gasteiger partial charge in [-0.05, 0) is 28.8 Å². The predicted molar refractivity (Wildman–Crippen MR) is 71.4 cm³/mol. The topological polar surface area (TPSA) is 58.9 Å². The molecule has 1 aromatic carbocycles. The van der Waals surface area contributed by atoms with Crippen molar-refractivity contribution in [3.8, 4) is 0 Å². The summed E-state index contributed by atoms with van der Waals surface area (Å²) in [5, 5.41) is 5.29. The van der Waals surface area contributed by atoms with Gasteiger partial charge in [0.1, 0.15) is 0 Å². The van der Waals surface area contributed by atoms with E-state index in [9.17, 15) is 9.81 Å². The fourth-order valence-corrected chi connectivity index (χ4v) is 1.11. The van der Waals surface area contributed by atoms with Gasteiger partial charge >= 0.3 is 0 Å². The number of benzene rings is 1. The number of nitroso groups, excluding NO2 is 2. The fraction of sp³-hybridized carbons (Fsp3) is 0.385. The van der Waals surface area contributed by atoms with Gasteiger partial charge in [-0.1, -0.05) is 56.8 Å². The Labute approximate surface area is 102 Å². The third kappa shape index (κ3) is 5.15. The third-order valence-electron chi connectivity index (χ3n) is 2.51. The SMILES string of the molecule is C=Cc1ccccc1.CCC(CC)(N=O)N=O. The van der Waals surface area contributed by atoms with Crippen molar-refractivity contribution in [2.24, 2.45) is 10.4 Å². The maximum absolute atomic E-state index is 9.98. The highest BCUT2D eigenvalue weighted by Crippen LogP contribution is 2.20. The molecular weight excluding hydrogens is 216 g/mol. The van der Waals surface area contributed by atoms with Crippen LogP contribution in [0.3, 0.4) is 0 Å². The van der Waals surface area contributed by atoms with E-state index in [0.717, 1.165) is 0 Å². The number of rotatable bonds is 5. The summed E-state index contributed by atoms with van der Waals surface area (Å²) in [5.74, 6) is 0. The van der Waals surface area contributed by atoms with Gasteiger partial charge in [0, 0.05) is 0 Å². The summed E-state index contributed by atoms with van der Waals surface area (Å²) in [5.41, 5.74) is -0.0208. The van der Waals surface area contributed by atoms with Crippen molar-refractivity contribution in [1.29, 1.82) is 0 Å². The standard InChI is InChI=1S/C8H8.C5H10N2O2/c1-2-8-6-4-3-5-7-8;1-3-5(4-2,6-8)7-9/h2-7H,1H2;3-4H2,1-2H3. The van der Waals surface area contributed by atoms with Gasteiger partial charge in [0.25, 0.3) is 0 Å². The molecule has 17 heavy (non-hydrogen) atoms. The average Bonchev–Trinajstić information content (AvgIpc) is 2.44. The van der Waals surface area contributed by atoms with Gasteiger partial charge < -0.3 is 0 Å². The van der Waals surface area contributed by atoms with Gasteiger partial charge in [-0.3, -0.25) is 0 Å². The molecule has 0 atom stereocenters. The first-order chi connectivity index (χ1) is 8.17. The van der Waals surface area contributed by atoms with Crippen molar-refractivity contribution in [3.05, 3.63) is 52.3 Å². The molecular formula is C13H18N2O2. The third-order valence-corrected chi connectivity index (χ3v) is 2.51. The Bertz CT molecular complexity index is 336. The van der Waals surface area contributed by atoms with E-state index in [1.807, 2.05) is 36.4 Å². The van der Waals surface area contributed by atoms with Crippen LogP contribution in [-0.4, -0.2) is 5.66 Å². The molecule has 0 amide bonds. The lowest BCUT2D eigenvalue weighted by atomic mass is 10.1. The molecule has 0 fully saturated rings. The van der Waals surface area contributed by atoms with Crippen LogP contribution in [0.4, 0.5) is 0 Å². The molecule has 0 aliphatic carbocycles. The molecule has 0 saturated carbocycles. The minimum atomic E-state index is -1.19. The first-order valence-corrected chi connectivity index (χ1v) is 5.54. The normalized spacial score (nSPS) is 9.76. The van der Waals surface area contributed by atoms with Crippen molar-refractivity contribution in [2.75, 3.05) is 0 Å². The predicted octanol–water partition coefficient (Wildman–Crippen LogP) is 4.37. The maximum Gasteiger partial charge on any atom is 0.231 e. The van der Waals surface area contributed by atoms with Crippen LogP contribution in [-0.2, 0) is 0 Å². The van der Waals surface area contributed by atoms with Crippen molar-refractivity contribution >= 4 is 6.08 Å². The van der Waals surface area contributed by atoms with E-state index in [1.165, 1.54) is 5.56 Å². The molecule has 4 nitrogen and oxygen atoms in total. The first-order valence-electron chi connectivity index (χ1n) is 5.54. The smallest absolute Gasteiger partial charge is 0.148 e. The zero-order chi connectivity index (χ0) is 13.1. The molecule has 0 bridgehead atoms. The summed E-state index contributed by atoms with van der Waals surface area (Å²) in [4.78, 5) is 20.0. The average molecular weight is 234 g/mol. The van der Waals surface area contributed by atoms with Crippen LogP contribution in [0, 0.1) is 9.81 Å². The summed E-state index contributed by atoms with van der Waals surface area (Å²) >= 11 is 0. The van der Waals surface area contributed by atoms with Crippen LogP contribution < -0.4 is 0 Å². The van der Waals surface area contributed by atoms with E-state index in [0.29, 0.717) is 12.8 Å². The van der Waals surface area contributed by atoms with E-state index in [4.69, 9.17) is 0 Å². The highest BCUT2D eigenvalue weighted by molar-refractivity contribution is 5.45. The van der Waals surface area contributed by atoms with Crippen LogP contribution in [0.25, 0.3) is 6.08 Å². The maximum atomic E-state index is 9.98. The van der Waals surface area contributed by atoms with E-state index in [2.05, 4.69) is 16.9 Å². The molecule has 0 radical (unpaired) electrons. The van der Waals surface area contributed by atoms with E-state index >= 15 is 0 Å². The number of nitrogens with zero attached hydrogens (tertiary/aromatic N) is 2. The molecule has 1 rings (SSSR count). The Hall–Kier alpha value is -1.84. The summed E-state index contributed by atoms with van der Waals surface area (Å²) in [7, 11) is 0. The molecule has 0 unspecified atom stereocenters. The highest BCUT2D eigenvalue weighted by Gasteiger charge is 2.27. The minimum absolute atomic E-state index is 0.385. The van der Waals surface area contributed by atoms with E-state index < -0.39 is 5.66 Å². The highest BCUT2D eigenvalue weighted by atomic mass is 16.3. The lowest BCUT2D eigenvalue weighted by Crippen LogP contribution is -2.19. The Morgan fingerprint density at radius 2 is 1.59 bits per heavy atom. The number of hydrogen-bond donors (Lipinski definition) is 0. The van der Waals surface area contributed by atoms with Crippen LogP contribution in [0.15, 0.2) is 47.3 Å². The zero-order valence-electron chi connectivity index (χ0n) is 10.3. The van der Waals surface area contributed by atoms with Crippen LogP contribution in [0.2, 0.25) is 0 Å². The molecule has 0 heterocycles. The van der Waals surface area contributed by atoms with Gasteiger partial charge in [-0.25, -0.2) is 0 Å². The minimum Gasteiger partial charge on any atom is -0.148 e. The van der Waals surface area contributed by atoms with Crippen molar-refractivity contribution in [3.63, 3.8) is 0 Å². The molecule has 0 aliphatic heterocycles. The van der Waals surface area contributed by atoms with Crippen LogP contribution >= 0.6 is 0 Å². The second-order valence-electron chi connectivity index (χ2n) is 3.49. The number of hydrogen-bond acceptors (Lipinski definition) is 4. The summed E-state index contributed by atoms with van der Waals surface area (Å²) in [6.45, 7) is 7.06. The largest absolute Gasteiger partial charge is 0.231 e. The van der Waals surface area contributed by atoms with Crippen molar-refractivity contribution in [2.45, 2.75) is 32.4 Å². The Kier molecular flexibility index (Phi) is 7.43. The fourth-order valence-electron chi connectivity index (χ4n) is 1.11. The molecule has 0 aromatic heterocycles. The molecule has 1 aromatic rings. The molecule has 92 valence electrons. The van der Waals surface area contributed by atoms with Crippen LogP contribution in [0.5, 0.6) is 0 Å². The molecule has 4 heteroatoms. The van der Waals surface area contributed by atoms with Crippen molar-refractivity contribution < 1.29 is 0 Å². The zero-order valence-corrected chi connectivity index (χ0v) is 10.3. The lowest BCUT2D eigenvalue weighted by molar-refractivity contribution is 0.412. The molecule has 0 spiro atoms. The van der Waals surface area contributed by atoms with Gasteiger partial charge in [0.05, 0.1) is 0 Å². The van der Waals surface area contributed by atoms with Crippen molar-refractivity contribution in [1.82, 2.24) is 0 Å². The van der Waals surface area contributed by atoms with E-state index in [1.54, 1.807) is 13.8 Å². The quantitative estimate of drug-likeness (QED) is 0.710. The molecule has 0 N–H and O–H groups in total. The summed E-state index contributed by atoms with van der Waals surface area (Å²) in [6.07, 6.45) is 2.60. The second kappa shape index (κ2) is 8.33. The first kappa shape index (κ1) is 15.2. The van der Waals surface area contributed by atoms with Gasteiger partial charge in [-0.2, -0.15) is 0 Å². The van der Waals surface area contributed by atoms with Gasteiger partial charge in [0.15, 0.2) is 0 Å². The van der Waals surface area contributed by atoms with Gasteiger partial charge in [0.2, 0.25) is 5.66 Å². The summed E-state index contributed by atoms with van der Waals surface area (Å²) in [6, 6.07) is 10.0. The van der Waals surface area contributed by atoms with Crippen LogP contribution in [0.1, 0.15) is 32.3 Å². The Balaban J connectivity index is 0.000000302. The Morgan fingerprint density at radius 3 is 1.76 bits per heavy atom. The van der Waals surface area contributed by atoms with E-state index in [-0.39, 0.29) is 0 Å². The molecule has 0 saturated heterocycles. The molecule has 0 aliphatic rings. The summed E-state index contributed by atoms with van der Waals surface area (Å²) < 4.78 is 0. The second-order valence-corrected chi connectivity index (χ2v) is 3.49. The Morgan fingerprint density at radius 1 is 1.12 bits per heavy atom. The van der Waals surface area contributed by atoms with Gasteiger partial charge in [-0.15, -0.1) is 9.81 Å².